The maximum Gasteiger partial charge on any atom is 0.323 e. The highest BCUT2D eigenvalue weighted by Crippen LogP contribution is 2.02. The average Bonchev–Trinajstić information content (AvgIpc) is 2.27. The standard InChI is InChI=1S/C10H10N2O5/c13-8(14)5-12(6-9(15)16)10(17)7-2-1-3-11-4-7/h1-4H,5-6H2,(H,13,14)(H,15,16). The minimum Gasteiger partial charge on any atom is -0.480 e. The van der Waals surface area contributed by atoms with Crippen LogP contribution in [0, 0.1) is 0 Å². The van der Waals surface area contributed by atoms with Crippen LogP contribution in [0.1, 0.15) is 10.4 Å². The Kier molecular flexibility index (Phi) is 4.15. The van der Waals surface area contributed by atoms with Crippen molar-refractivity contribution >= 4 is 17.8 Å². The fourth-order valence-corrected chi connectivity index (χ4v) is 1.20. The van der Waals surface area contributed by atoms with Gasteiger partial charge in [0.05, 0.1) is 5.56 Å². The molecule has 0 saturated carbocycles. The number of rotatable bonds is 5. The normalized spacial score (nSPS) is 9.65. The summed E-state index contributed by atoms with van der Waals surface area (Å²) in [5, 5.41) is 17.2. The first-order valence-corrected chi connectivity index (χ1v) is 4.63. The van der Waals surface area contributed by atoms with Crippen molar-refractivity contribution in [3.8, 4) is 0 Å². The average molecular weight is 238 g/mol. The Hall–Kier alpha value is -2.44. The van der Waals surface area contributed by atoms with Crippen molar-refractivity contribution in [1.82, 2.24) is 9.88 Å². The lowest BCUT2D eigenvalue weighted by molar-refractivity contribution is -0.140. The second kappa shape index (κ2) is 5.59. The minimum atomic E-state index is -1.27. The van der Waals surface area contributed by atoms with Gasteiger partial charge in [0.25, 0.3) is 5.91 Å². The Morgan fingerprint density at radius 3 is 2.18 bits per heavy atom. The molecular weight excluding hydrogens is 228 g/mol. The van der Waals surface area contributed by atoms with Crippen molar-refractivity contribution < 1.29 is 24.6 Å². The molecular formula is C10H10N2O5. The van der Waals surface area contributed by atoms with Crippen molar-refractivity contribution in [1.29, 1.82) is 0 Å². The lowest BCUT2D eigenvalue weighted by Crippen LogP contribution is -2.39. The number of amides is 1. The van der Waals surface area contributed by atoms with Crippen molar-refractivity contribution in [2.24, 2.45) is 0 Å². The molecule has 1 rings (SSSR count). The topological polar surface area (TPSA) is 108 Å². The highest BCUT2D eigenvalue weighted by atomic mass is 16.4. The van der Waals surface area contributed by atoms with Gasteiger partial charge in [0.2, 0.25) is 0 Å². The van der Waals surface area contributed by atoms with Crippen LogP contribution in [0.25, 0.3) is 0 Å². The smallest absolute Gasteiger partial charge is 0.323 e. The van der Waals surface area contributed by atoms with Gasteiger partial charge in [-0.15, -0.1) is 0 Å². The summed E-state index contributed by atoms with van der Waals surface area (Å²) in [5.41, 5.74) is 0.148. The van der Waals surface area contributed by atoms with Gasteiger partial charge in [-0.05, 0) is 12.1 Å². The predicted octanol–water partition coefficient (Wildman–Crippen LogP) is -0.307. The van der Waals surface area contributed by atoms with Crippen LogP contribution < -0.4 is 0 Å². The third-order valence-corrected chi connectivity index (χ3v) is 1.85. The molecule has 0 saturated heterocycles. The van der Waals surface area contributed by atoms with Gasteiger partial charge in [0.1, 0.15) is 13.1 Å². The van der Waals surface area contributed by atoms with Gasteiger partial charge in [-0.1, -0.05) is 0 Å². The first-order chi connectivity index (χ1) is 8.00. The molecule has 2 N–H and O–H groups in total. The SMILES string of the molecule is O=C(O)CN(CC(=O)O)C(=O)c1cccnc1. The number of carbonyl (C=O) groups excluding carboxylic acids is 1. The Bertz CT molecular complexity index is 416. The zero-order chi connectivity index (χ0) is 12.8. The zero-order valence-corrected chi connectivity index (χ0v) is 8.74. The van der Waals surface area contributed by atoms with E-state index in [1.165, 1.54) is 24.5 Å². The summed E-state index contributed by atoms with van der Waals surface area (Å²) in [6.45, 7) is -1.33. The van der Waals surface area contributed by atoms with E-state index in [2.05, 4.69) is 4.98 Å². The largest absolute Gasteiger partial charge is 0.480 e. The molecule has 0 fully saturated rings. The molecule has 1 amide bonds. The number of nitrogens with zero attached hydrogens (tertiary/aromatic N) is 2. The second-order valence-corrected chi connectivity index (χ2v) is 3.19. The molecule has 0 aromatic carbocycles. The summed E-state index contributed by atoms with van der Waals surface area (Å²) >= 11 is 0. The summed E-state index contributed by atoms with van der Waals surface area (Å²) in [4.78, 5) is 37.3. The van der Waals surface area contributed by atoms with Gasteiger partial charge in [0, 0.05) is 12.4 Å². The second-order valence-electron chi connectivity index (χ2n) is 3.19. The molecule has 1 heterocycles. The molecule has 0 unspecified atom stereocenters. The van der Waals surface area contributed by atoms with Gasteiger partial charge in [-0.25, -0.2) is 0 Å². The Morgan fingerprint density at radius 1 is 1.18 bits per heavy atom. The third kappa shape index (κ3) is 3.90. The molecule has 17 heavy (non-hydrogen) atoms. The number of pyridine rings is 1. The van der Waals surface area contributed by atoms with E-state index in [4.69, 9.17) is 10.2 Å². The number of carbonyl (C=O) groups is 3. The minimum absolute atomic E-state index is 0.148. The number of hydrogen-bond acceptors (Lipinski definition) is 4. The first kappa shape index (κ1) is 12.6. The van der Waals surface area contributed by atoms with Crippen LogP contribution in [0.2, 0.25) is 0 Å². The van der Waals surface area contributed by atoms with Gasteiger partial charge >= 0.3 is 11.9 Å². The Balaban J connectivity index is 2.86. The molecule has 7 nitrogen and oxygen atoms in total. The van der Waals surface area contributed by atoms with Crippen molar-refractivity contribution in [2.45, 2.75) is 0 Å². The Labute approximate surface area is 96.3 Å². The summed E-state index contributed by atoms with van der Waals surface area (Å²) in [6, 6.07) is 2.94. The molecule has 0 radical (unpaired) electrons. The van der Waals surface area contributed by atoms with Crippen LogP contribution in [0.5, 0.6) is 0 Å². The Morgan fingerprint density at radius 2 is 1.76 bits per heavy atom. The van der Waals surface area contributed by atoms with E-state index in [1.807, 2.05) is 0 Å². The van der Waals surface area contributed by atoms with Gasteiger partial charge in [0.15, 0.2) is 0 Å². The summed E-state index contributed by atoms with van der Waals surface area (Å²) in [7, 11) is 0. The number of hydrogen-bond donors (Lipinski definition) is 2. The lowest BCUT2D eigenvalue weighted by Gasteiger charge is -2.17. The number of aliphatic carboxylic acids is 2. The summed E-state index contributed by atoms with van der Waals surface area (Å²) in [6.07, 6.45) is 2.70. The monoisotopic (exact) mass is 238 g/mol. The molecule has 0 aliphatic rings. The number of aromatic nitrogens is 1. The van der Waals surface area contributed by atoms with Gasteiger partial charge in [-0.3, -0.25) is 19.4 Å². The quantitative estimate of drug-likeness (QED) is 0.728. The van der Waals surface area contributed by atoms with Crippen LogP contribution in [-0.4, -0.2) is 51.0 Å². The van der Waals surface area contributed by atoms with Crippen LogP contribution in [-0.2, 0) is 9.59 Å². The molecule has 0 atom stereocenters. The molecule has 90 valence electrons. The van der Waals surface area contributed by atoms with E-state index >= 15 is 0 Å². The van der Waals surface area contributed by atoms with E-state index in [-0.39, 0.29) is 5.56 Å². The molecule has 0 aliphatic carbocycles. The summed E-state index contributed by atoms with van der Waals surface area (Å²) in [5.74, 6) is -3.23. The maximum absolute atomic E-state index is 11.8. The van der Waals surface area contributed by atoms with Crippen LogP contribution in [0.4, 0.5) is 0 Å². The van der Waals surface area contributed by atoms with E-state index in [0.29, 0.717) is 0 Å². The molecule has 0 bridgehead atoms. The van der Waals surface area contributed by atoms with E-state index in [1.54, 1.807) is 0 Å². The lowest BCUT2D eigenvalue weighted by atomic mass is 10.2. The predicted molar refractivity (Wildman–Crippen MR) is 55.4 cm³/mol. The first-order valence-electron chi connectivity index (χ1n) is 4.63. The molecule has 0 spiro atoms. The molecule has 0 aliphatic heterocycles. The summed E-state index contributed by atoms with van der Waals surface area (Å²) < 4.78 is 0. The van der Waals surface area contributed by atoms with Crippen molar-refractivity contribution in [3.05, 3.63) is 30.1 Å². The van der Waals surface area contributed by atoms with Gasteiger partial charge in [-0.2, -0.15) is 0 Å². The fourth-order valence-electron chi connectivity index (χ4n) is 1.20. The van der Waals surface area contributed by atoms with Crippen molar-refractivity contribution in [2.75, 3.05) is 13.1 Å². The highest BCUT2D eigenvalue weighted by molar-refractivity contribution is 5.97. The van der Waals surface area contributed by atoms with E-state index < -0.39 is 30.9 Å². The number of carboxylic acids is 2. The maximum atomic E-state index is 11.8. The zero-order valence-electron chi connectivity index (χ0n) is 8.74. The van der Waals surface area contributed by atoms with Crippen LogP contribution in [0.3, 0.4) is 0 Å². The van der Waals surface area contributed by atoms with Gasteiger partial charge < -0.3 is 15.1 Å². The highest BCUT2D eigenvalue weighted by Gasteiger charge is 2.20. The van der Waals surface area contributed by atoms with Crippen molar-refractivity contribution in [3.63, 3.8) is 0 Å². The van der Waals surface area contributed by atoms with E-state index in [9.17, 15) is 14.4 Å². The number of carboxylic acid groups (broad SMARTS) is 2. The third-order valence-electron chi connectivity index (χ3n) is 1.85. The van der Waals surface area contributed by atoms with Crippen LogP contribution in [0.15, 0.2) is 24.5 Å². The van der Waals surface area contributed by atoms with Crippen LogP contribution >= 0.6 is 0 Å². The fraction of sp³-hybridized carbons (Fsp3) is 0.200. The molecule has 1 aromatic heterocycles. The van der Waals surface area contributed by atoms with E-state index in [0.717, 1.165) is 4.90 Å². The molecule has 7 heteroatoms. The molecule has 1 aromatic rings.